The molecule has 2 saturated heterocycles. The second kappa shape index (κ2) is 5.71. The van der Waals surface area contributed by atoms with Crippen LogP contribution in [0.2, 0.25) is 5.02 Å². The van der Waals surface area contributed by atoms with Gasteiger partial charge in [0.15, 0.2) is 15.0 Å². The molecule has 1 aromatic rings. The number of nitrogens with zero attached hydrogens (tertiary/aromatic N) is 2. The summed E-state index contributed by atoms with van der Waals surface area (Å²) in [6.45, 7) is 0. The smallest absolute Gasteiger partial charge is 0.251 e. The van der Waals surface area contributed by atoms with Gasteiger partial charge in [-0.05, 0) is 31.0 Å². The van der Waals surface area contributed by atoms with Gasteiger partial charge in [0.25, 0.3) is 5.91 Å². The number of carbonyl (C=O) groups excluding carboxylic acids is 1. The van der Waals surface area contributed by atoms with Crippen LogP contribution >= 0.6 is 23.4 Å². The number of carbonyl (C=O) groups is 1. The van der Waals surface area contributed by atoms with Crippen LogP contribution in [0.25, 0.3) is 0 Å². The Bertz CT molecular complexity index is 854. The summed E-state index contributed by atoms with van der Waals surface area (Å²) in [4.78, 5) is 18.0. The standard InChI is InChI=1S/C15H14ClFN2O3S2/c16-10-5-9(3-4-11(10)17)19-12-6-24(21,22)7-13(12)23-15(19)18-14(20)8-1-2-8/h3-5,8,12-13H,1-2,6-7H2/t12-,13+/m0/s1. The third-order valence-electron chi connectivity index (χ3n) is 4.38. The third-order valence-corrected chi connectivity index (χ3v) is 7.88. The largest absolute Gasteiger partial charge is 0.316 e. The molecule has 0 radical (unpaired) electrons. The third kappa shape index (κ3) is 2.95. The first kappa shape index (κ1) is 16.4. The average molecular weight is 389 g/mol. The highest BCUT2D eigenvalue weighted by Crippen LogP contribution is 2.42. The van der Waals surface area contributed by atoms with Crippen LogP contribution in [0.1, 0.15) is 12.8 Å². The molecule has 0 bridgehead atoms. The highest BCUT2D eigenvalue weighted by atomic mass is 35.5. The molecule has 2 aliphatic heterocycles. The summed E-state index contributed by atoms with van der Waals surface area (Å²) in [5.41, 5.74) is 0.556. The Hall–Kier alpha value is -1.12. The van der Waals surface area contributed by atoms with Crippen LogP contribution in [0, 0.1) is 11.7 Å². The molecular formula is C15H14ClFN2O3S2. The number of amidine groups is 1. The Kier molecular flexibility index (Phi) is 3.89. The van der Waals surface area contributed by atoms with E-state index < -0.39 is 15.7 Å². The van der Waals surface area contributed by atoms with Crippen LogP contribution in [0.4, 0.5) is 10.1 Å². The Morgan fingerprint density at radius 1 is 1.33 bits per heavy atom. The zero-order valence-corrected chi connectivity index (χ0v) is 14.9. The minimum absolute atomic E-state index is 0.00367. The molecule has 9 heteroatoms. The molecule has 0 unspecified atom stereocenters. The average Bonchev–Trinajstić information content (AvgIpc) is 3.23. The van der Waals surface area contributed by atoms with Gasteiger partial charge in [0, 0.05) is 16.9 Å². The van der Waals surface area contributed by atoms with E-state index in [0.717, 1.165) is 12.8 Å². The molecule has 3 aliphatic rings. The van der Waals surface area contributed by atoms with Crippen molar-refractivity contribution in [2.45, 2.75) is 24.1 Å². The highest BCUT2D eigenvalue weighted by Gasteiger charge is 2.49. The lowest BCUT2D eigenvalue weighted by Gasteiger charge is -2.24. The monoisotopic (exact) mass is 388 g/mol. The molecule has 4 rings (SSSR count). The highest BCUT2D eigenvalue weighted by molar-refractivity contribution is 8.16. The van der Waals surface area contributed by atoms with Crippen LogP contribution in [0.5, 0.6) is 0 Å². The summed E-state index contributed by atoms with van der Waals surface area (Å²) in [5.74, 6) is -0.671. The van der Waals surface area contributed by atoms with Gasteiger partial charge in [0.05, 0.1) is 22.6 Å². The number of thioether (sulfide) groups is 1. The Morgan fingerprint density at radius 2 is 2.08 bits per heavy atom. The lowest BCUT2D eigenvalue weighted by atomic mass is 10.2. The minimum Gasteiger partial charge on any atom is -0.316 e. The zero-order chi connectivity index (χ0) is 17.1. The first-order valence-corrected chi connectivity index (χ1v) is 10.7. The summed E-state index contributed by atoms with van der Waals surface area (Å²) in [5, 5.41) is 0.263. The fourth-order valence-electron chi connectivity index (χ4n) is 3.02. The fraction of sp³-hybridized carbons (Fsp3) is 0.467. The predicted octanol–water partition coefficient (Wildman–Crippen LogP) is 2.49. The molecule has 128 valence electrons. The summed E-state index contributed by atoms with van der Waals surface area (Å²) < 4.78 is 37.4. The topological polar surface area (TPSA) is 66.8 Å². The summed E-state index contributed by atoms with van der Waals surface area (Å²) in [7, 11) is -3.13. The van der Waals surface area contributed by atoms with Crippen molar-refractivity contribution >= 4 is 50.0 Å². The van der Waals surface area contributed by atoms with Gasteiger partial charge in [0.1, 0.15) is 5.82 Å². The Labute approximate surface area is 148 Å². The number of anilines is 1. The number of amides is 1. The van der Waals surface area contributed by atoms with Crippen molar-refractivity contribution in [3.8, 4) is 0 Å². The van der Waals surface area contributed by atoms with Crippen molar-refractivity contribution in [3.63, 3.8) is 0 Å². The molecule has 0 aromatic heterocycles. The molecule has 2 heterocycles. The van der Waals surface area contributed by atoms with Crippen molar-refractivity contribution in [1.29, 1.82) is 0 Å². The minimum atomic E-state index is -3.13. The van der Waals surface area contributed by atoms with Crippen molar-refractivity contribution in [2.24, 2.45) is 10.9 Å². The summed E-state index contributed by atoms with van der Waals surface area (Å²) in [6.07, 6.45) is 1.70. The van der Waals surface area contributed by atoms with Crippen molar-refractivity contribution < 1.29 is 17.6 Å². The molecule has 1 amide bonds. The second-order valence-electron chi connectivity index (χ2n) is 6.28. The van der Waals surface area contributed by atoms with Crippen LogP contribution in [-0.4, -0.2) is 42.3 Å². The van der Waals surface area contributed by atoms with Gasteiger partial charge in [0.2, 0.25) is 0 Å². The predicted molar refractivity (Wildman–Crippen MR) is 92.9 cm³/mol. The number of halogens is 2. The van der Waals surface area contributed by atoms with Gasteiger partial charge in [-0.15, -0.1) is 0 Å². The molecule has 0 N–H and O–H groups in total. The number of hydrogen-bond acceptors (Lipinski definition) is 4. The van der Waals surface area contributed by atoms with E-state index in [1.165, 1.54) is 30.0 Å². The van der Waals surface area contributed by atoms with Crippen molar-refractivity contribution in [1.82, 2.24) is 0 Å². The van der Waals surface area contributed by atoms with E-state index in [-0.39, 0.29) is 39.6 Å². The van der Waals surface area contributed by atoms with Crippen LogP contribution in [0.3, 0.4) is 0 Å². The maximum absolute atomic E-state index is 13.5. The lowest BCUT2D eigenvalue weighted by molar-refractivity contribution is -0.118. The van der Waals surface area contributed by atoms with Gasteiger partial charge in [-0.1, -0.05) is 23.4 Å². The van der Waals surface area contributed by atoms with Crippen LogP contribution in [-0.2, 0) is 14.6 Å². The number of aliphatic imine (C=N–C) groups is 1. The lowest BCUT2D eigenvalue weighted by Crippen LogP contribution is -2.37. The Morgan fingerprint density at radius 3 is 2.75 bits per heavy atom. The molecule has 1 aliphatic carbocycles. The first-order chi connectivity index (χ1) is 11.3. The van der Waals surface area contributed by atoms with E-state index >= 15 is 0 Å². The van der Waals surface area contributed by atoms with E-state index in [1.807, 2.05) is 0 Å². The molecule has 24 heavy (non-hydrogen) atoms. The van der Waals surface area contributed by atoms with Crippen molar-refractivity contribution in [3.05, 3.63) is 29.0 Å². The van der Waals surface area contributed by atoms with Gasteiger partial charge in [-0.3, -0.25) is 4.79 Å². The van der Waals surface area contributed by atoms with Gasteiger partial charge in [-0.25, -0.2) is 12.8 Å². The first-order valence-electron chi connectivity index (χ1n) is 7.58. The van der Waals surface area contributed by atoms with Gasteiger partial charge < -0.3 is 4.90 Å². The fourth-order valence-corrected chi connectivity index (χ4v) is 7.11. The van der Waals surface area contributed by atoms with Gasteiger partial charge >= 0.3 is 0 Å². The number of rotatable bonds is 2. The van der Waals surface area contributed by atoms with E-state index in [1.54, 1.807) is 4.90 Å². The number of fused-ring (bicyclic) bond motifs is 1. The zero-order valence-electron chi connectivity index (χ0n) is 12.5. The quantitative estimate of drug-likeness (QED) is 0.778. The van der Waals surface area contributed by atoms with Gasteiger partial charge in [-0.2, -0.15) is 4.99 Å². The molecule has 2 atom stereocenters. The SMILES string of the molecule is O=C(N=C1S[C@@H]2CS(=O)(=O)C[C@@H]2N1c1ccc(F)c(Cl)c1)C1CC1. The van der Waals surface area contributed by atoms with E-state index in [4.69, 9.17) is 11.6 Å². The molecule has 3 fully saturated rings. The second-order valence-corrected chi connectivity index (χ2v) is 10.0. The maximum Gasteiger partial charge on any atom is 0.251 e. The Balaban J connectivity index is 1.74. The van der Waals surface area contributed by atoms with Crippen molar-refractivity contribution in [2.75, 3.05) is 16.4 Å². The van der Waals surface area contributed by atoms with Crippen LogP contribution < -0.4 is 4.90 Å². The van der Waals surface area contributed by atoms with E-state index in [0.29, 0.717) is 10.9 Å². The summed E-state index contributed by atoms with van der Waals surface area (Å²) >= 11 is 7.18. The normalized spacial score (nSPS) is 29.9. The number of benzene rings is 1. The molecular weight excluding hydrogens is 375 g/mol. The van der Waals surface area contributed by atoms with Crippen LogP contribution in [0.15, 0.2) is 23.2 Å². The molecule has 1 saturated carbocycles. The van der Waals surface area contributed by atoms with E-state index in [2.05, 4.69) is 4.99 Å². The maximum atomic E-state index is 13.5. The number of hydrogen-bond donors (Lipinski definition) is 0. The van der Waals surface area contributed by atoms with E-state index in [9.17, 15) is 17.6 Å². The molecule has 0 spiro atoms. The number of sulfone groups is 1. The molecule has 1 aromatic carbocycles. The molecule has 5 nitrogen and oxygen atoms in total. The summed E-state index contributed by atoms with van der Waals surface area (Å²) in [6, 6.07) is 3.90.